The monoisotopic (exact) mass is 307 g/mol. The third-order valence-corrected chi connectivity index (χ3v) is 3.42. The Morgan fingerprint density at radius 2 is 1.94 bits per heavy atom. The standard InChI is InChI=1S/C15H15BrFN/c1-2-11-4-3-5-13(8-11)18-10-12-6-7-15(17)14(16)9-12/h3-9,18H,2,10H2,1H3. The van der Waals surface area contributed by atoms with E-state index in [2.05, 4.69) is 40.3 Å². The Balaban J connectivity index is 2.04. The van der Waals surface area contributed by atoms with E-state index in [-0.39, 0.29) is 5.82 Å². The molecule has 0 fully saturated rings. The van der Waals surface area contributed by atoms with Gasteiger partial charge in [-0.3, -0.25) is 0 Å². The van der Waals surface area contributed by atoms with Gasteiger partial charge in [-0.2, -0.15) is 0 Å². The third-order valence-electron chi connectivity index (χ3n) is 2.82. The molecular formula is C15H15BrFN. The first-order valence-corrected chi connectivity index (χ1v) is 6.75. The van der Waals surface area contributed by atoms with Crippen molar-refractivity contribution in [2.24, 2.45) is 0 Å². The fourth-order valence-corrected chi connectivity index (χ4v) is 2.18. The molecule has 0 saturated heterocycles. The van der Waals surface area contributed by atoms with Crippen molar-refractivity contribution in [2.75, 3.05) is 5.32 Å². The molecule has 2 aromatic carbocycles. The number of rotatable bonds is 4. The molecule has 0 aromatic heterocycles. The number of hydrogen-bond donors (Lipinski definition) is 1. The molecule has 0 heterocycles. The minimum Gasteiger partial charge on any atom is -0.381 e. The van der Waals surface area contributed by atoms with Crippen LogP contribution >= 0.6 is 15.9 Å². The van der Waals surface area contributed by atoms with Gasteiger partial charge in [-0.15, -0.1) is 0 Å². The van der Waals surface area contributed by atoms with Crippen LogP contribution in [-0.2, 0) is 13.0 Å². The van der Waals surface area contributed by atoms with Gasteiger partial charge in [-0.1, -0.05) is 25.1 Å². The van der Waals surface area contributed by atoms with Gasteiger partial charge in [0.1, 0.15) is 5.82 Å². The van der Waals surface area contributed by atoms with Crippen LogP contribution in [0.4, 0.5) is 10.1 Å². The zero-order valence-electron chi connectivity index (χ0n) is 10.2. The molecular weight excluding hydrogens is 293 g/mol. The normalized spacial score (nSPS) is 10.4. The topological polar surface area (TPSA) is 12.0 Å². The number of nitrogens with one attached hydrogen (secondary N) is 1. The number of aryl methyl sites for hydroxylation is 1. The first-order chi connectivity index (χ1) is 8.69. The van der Waals surface area contributed by atoms with Crippen LogP contribution in [0.3, 0.4) is 0 Å². The lowest BCUT2D eigenvalue weighted by Gasteiger charge is -2.08. The SMILES string of the molecule is CCc1cccc(NCc2ccc(F)c(Br)c2)c1. The summed E-state index contributed by atoms with van der Waals surface area (Å²) in [6, 6.07) is 13.4. The van der Waals surface area contributed by atoms with Crippen molar-refractivity contribution < 1.29 is 4.39 Å². The molecule has 0 atom stereocenters. The maximum atomic E-state index is 13.1. The molecule has 0 radical (unpaired) electrons. The molecule has 0 spiro atoms. The average Bonchev–Trinajstić information content (AvgIpc) is 2.40. The molecule has 0 bridgehead atoms. The van der Waals surface area contributed by atoms with Crippen LogP contribution in [0, 0.1) is 5.82 Å². The van der Waals surface area contributed by atoms with Crippen molar-refractivity contribution in [3.05, 3.63) is 63.9 Å². The lowest BCUT2D eigenvalue weighted by Crippen LogP contribution is -2.00. The molecule has 2 rings (SSSR count). The Bertz CT molecular complexity index is 540. The molecule has 94 valence electrons. The molecule has 3 heteroatoms. The van der Waals surface area contributed by atoms with Crippen molar-refractivity contribution in [1.82, 2.24) is 0 Å². The molecule has 0 unspecified atom stereocenters. The molecule has 1 nitrogen and oxygen atoms in total. The molecule has 0 aliphatic carbocycles. The summed E-state index contributed by atoms with van der Waals surface area (Å²) in [5.74, 6) is -0.230. The quantitative estimate of drug-likeness (QED) is 0.858. The molecule has 18 heavy (non-hydrogen) atoms. The van der Waals surface area contributed by atoms with Crippen molar-refractivity contribution in [3.63, 3.8) is 0 Å². The second kappa shape index (κ2) is 6.01. The summed E-state index contributed by atoms with van der Waals surface area (Å²) in [6.45, 7) is 2.82. The van der Waals surface area contributed by atoms with Crippen LogP contribution in [0.15, 0.2) is 46.9 Å². The van der Waals surface area contributed by atoms with Crippen LogP contribution in [0.1, 0.15) is 18.1 Å². The molecule has 1 N–H and O–H groups in total. The summed E-state index contributed by atoms with van der Waals surface area (Å²) in [5, 5.41) is 3.34. The van der Waals surface area contributed by atoms with Crippen molar-refractivity contribution in [1.29, 1.82) is 0 Å². The van der Waals surface area contributed by atoms with Crippen molar-refractivity contribution in [2.45, 2.75) is 19.9 Å². The third kappa shape index (κ3) is 3.33. The van der Waals surface area contributed by atoms with E-state index in [9.17, 15) is 4.39 Å². The average molecular weight is 308 g/mol. The summed E-state index contributed by atoms with van der Waals surface area (Å²) < 4.78 is 13.6. The maximum absolute atomic E-state index is 13.1. The summed E-state index contributed by atoms with van der Waals surface area (Å²) in [6.07, 6.45) is 1.03. The van der Waals surface area contributed by atoms with E-state index < -0.39 is 0 Å². The van der Waals surface area contributed by atoms with E-state index in [1.54, 1.807) is 12.1 Å². The highest BCUT2D eigenvalue weighted by atomic mass is 79.9. The van der Waals surface area contributed by atoms with Gasteiger partial charge in [0.05, 0.1) is 4.47 Å². The van der Waals surface area contributed by atoms with Gasteiger partial charge in [-0.25, -0.2) is 4.39 Å². The summed E-state index contributed by atoms with van der Waals surface area (Å²) in [7, 11) is 0. The van der Waals surface area contributed by atoms with Gasteiger partial charge in [-0.05, 0) is 57.7 Å². The zero-order chi connectivity index (χ0) is 13.0. The fraction of sp³-hybridized carbons (Fsp3) is 0.200. The van der Waals surface area contributed by atoms with Crippen molar-refractivity contribution in [3.8, 4) is 0 Å². The summed E-state index contributed by atoms with van der Waals surface area (Å²) in [5.41, 5.74) is 3.44. The lowest BCUT2D eigenvalue weighted by molar-refractivity contribution is 0.620. The zero-order valence-corrected chi connectivity index (χ0v) is 11.8. The Morgan fingerprint density at radius 1 is 1.11 bits per heavy atom. The highest BCUT2D eigenvalue weighted by molar-refractivity contribution is 9.10. The molecule has 0 aliphatic heterocycles. The van der Waals surface area contributed by atoms with E-state index in [1.165, 1.54) is 11.6 Å². The molecule has 0 saturated carbocycles. The van der Waals surface area contributed by atoms with Gasteiger partial charge in [0.15, 0.2) is 0 Å². The van der Waals surface area contributed by atoms with Crippen LogP contribution in [0.25, 0.3) is 0 Å². The molecule has 0 amide bonds. The highest BCUT2D eigenvalue weighted by Gasteiger charge is 2.00. The largest absolute Gasteiger partial charge is 0.381 e. The number of anilines is 1. The van der Waals surface area contributed by atoms with Gasteiger partial charge in [0, 0.05) is 12.2 Å². The molecule has 0 aliphatic rings. The van der Waals surface area contributed by atoms with Gasteiger partial charge >= 0.3 is 0 Å². The fourth-order valence-electron chi connectivity index (χ4n) is 1.75. The molecule has 2 aromatic rings. The van der Waals surface area contributed by atoms with Crippen LogP contribution in [-0.4, -0.2) is 0 Å². The van der Waals surface area contributed by atoms with Crippen LogP contribution < -0.4 is 5.32 Å². The van der Waals surface area contributed by atoms with Gasteiger partial charge in [0.25, 0.3) is 0 Å². The Morgan fingerprint density at radius 3 is 2.67 bits per heavy atom. The predicted octanol–water partition coefficient (Wildman–Crippen LogP) is 4.76. The minimum absolute atomic E-state index is 0.230. The first-order valence-electron chi connectivity index (χ1n) is 5.96. The second-order valence-corrected chi connectivity index (χ2v) is 5.01. The Labute approximate surface area is 115 Å². The second-order valence-electron chi connectivity index (χ2n) is 4.16. The number of halogens is 2. The predicted molar refractivity (Wildman–Crippen MR) is 77.2 cm³/mol. The van der Waals surface area contributed by atoms with E-state index >= 15 is 0 Å². The summed E-state index contributed by atoms with van der Waals surface area (Å²) in [4.78, 5) is 0. The van der Waals surface area contributed by atoms with Crippen molar-refractivity contribution >= 4 is 21.6 Å². The highest BCUT2D eigenvalue weighted by Crippen LogP contribution is 2.18. The summed E-state index contributed by atoms with van der Waals surface area (Å²) >= 11 is 3.19. The number of benzene rings is 2. The van der Waals surface area contributed by atoms with Gasteiger partial charge in [0.2, 0.25) is 0 Å². The minimum atomic E-state index is -0.230. The Hall–Kier alpha value is -1.35. The lowest BCUT2D eigenvalue weighted by atomic mass is 10.1. The maximum Gasteiger partial charge on any atom is 0.137 e. The van der Waals surface area contributed by atoms with Crippen LogP contribution in [0.5, 0.6) is 0 Å². The first kappa shape index (κ1) is 13.1. The smallest absolute Gasteiger partial charge is 0.137 e. The van der Waals surface area contributed by atoms with Crippen LogP contribution in [0.2, 0.25) is 0 Å². The Kier molecular flexibility index (Phi) is 4.37. The number of hydrogen-bond acceptors (Lipinski definition) is 1. The van der Waals surface area contributed by atoms with E-state index in [0.717, 1.165) is 17.7 Å². The van der Waals surface area contributed by atoms with Gasteiger partial charge < -0.3 is 5.32 Å². The van der Waals surface area contributed by atoms with E-state index in [4.69, 9.17) is 0 Å². The van der Waals surface area contributed by atoms with E-state index in [0.29, 0.717) is 11.0 Å². The van der Waals surface area contributed by atoms with E-state index in [1.807, 2.05) is 12.1 Å².